The highest BCUT2D eigenvalue weighted by Gasteiger charge is 2.23. The minimum absolute atomic E-state index is 0.0811. The van der Waals surface area contributed by atoms with E-state index in [-0.39, 0.29) is 11.6 Å². The van der Waals surface area contributed by atoms with Crippen molar-refractivity contribution in [2.75, 3.05) is 33.2 Å². The molecule has 1 amide bonds. The van der Waals surface area contributed by atoms with E-state index in [0.717, 1.165) is 18.7 Å². The number of H-pyrrole nitrogens is 1. The minimum Gasteiger partial charge on any atom is -0.335 e. The van der Waals surface area contributed by atoms with Gasteiger partial charge in [0.05, 0.1) is 6.54 Å². The summed E-state index contributed by atoms with van der Waals surface area (Å²) in [6.07, 6.45) is 1.52. The average molecular weight is 300 g/mol. The third-order valence-electron chi connectivity index (χ3n) is 4.06. The highest BCUT2D eigenvalue weighted by Crippen LogP contribution is 2.09. The van der Waals surface area contributed by atoms with Crippen molar-refractivity contribution in [1.29, 1.82) is 0 Å². The van der Waals surface area contributed by atoms with Gasteiger partial charge in [-0.3, -0.25) is 9.36 Å². The largest absolute Gasteiger partial charge is 0.335 e. The number of carbonyl (C=O) groups is 1. The first-order chi connectivity index (χ1) is 10.6. The fourth-order valence-corrected chi connectivity index (χ4v) is 2.67. The maximum absolute atomic E-state index is 12.7. The number of amides is 1. The quantitative estimate of drug-likeness (QED) is 0.903. The van der Waals surface area contributed by atoms with Crippen molar-refractivity contribution in [3.05, 3.63) is 58.3 Å². The van der Waals surface area contributed by atoms with Gasteiger partial charge in [0.25, 0.3) is 5.91 Å². The molecule has 1 aliphatic heterocycles. The molecule has 6 nitrogen and oxygen atoms in total. The van der Waals surface area contributed by atoms with Gasteiger partial charge in [-0.1, -0.05) is 30.3 Å². The van der Waals surface area contributed by atoms with Crippen LogP contribution in [0, 0.1) is 0 Å². The first-order valence-corrected chi connectivity index (χ1v) is 7.45. The van der Waals surface area contributed by atoms with Gasteiger partial charge in [-0.2, -0.15) is 0 Å². The molecule has 0 atom stereocenters. The summed E-state index contributed by atoms with van der Waals surface area (Å²) >= 11 is 0. The Labute approximate surface area is 129 Å². The van der Waals surface area contributed by atoms with Crippen molar-refractivity contribution in [2.45, 2.75) is 6.54 Å². The second-order valence-corrected chi connectivity index (χ2v) is 5.65. The molecule has 0 radical (unpaired) electrons. The van der Waals surface area contributed by atoms with Gasteiger partial charge in [0.1, 0.15) is 5.69 Å². The number of hydrogen-bond acceptors (Lipinski definition) is 3. The van der Waals surface area contributed by atoms with Crippen LogP contribution in [-0.2, 0) is 6.54 Å². The zero-order valence-corrected chi connectivity index (χ0v) is 12.7. The molecule has 6 heteroatoms. The molecule has 22 heavy (non-hydrogen) atoms. The van der Waals surface area contributed by atoms with E-state index in [2.05, 4.69) is 9.88 Å². The molecule has 1 aromatic carbocycles. The van der Waals surface area contributed by atoms with Gasteiger partial charge >= 0.3 is 5.69 Å². The molecule has 1 N–H and O–H groups in total. The molecular weight excluding hydrogens is 280 g/mol. The number of aromatic nitrogens is 2. The van der Waals surface area contributed by atoms with E-state index in [1.165, 1.54) is 10.8 Å². The van der Waals surface area contributed by atoms with E-state index in [4.69, 9.17) is 0 Å². The zero-order chi connectivity index (χ0) is 15.5. The number of piperazine rings is 1. The molecular formula is C16H20N4O2. The van der Waals surface area contributed by atoms with E-state index in [1.54, 1.807) is 0 Å². The highest BCUT2D eigenvalue weighted by molar-refractivity contribution is 5.92. The van der Waals surface area contributed by atoms with Gasteiger partial charge in [-0.05, 0) is 12.6 Å². The fraction of sp³-hybridized carbons (Fsp3) is 0.375. The molecule has 1 fully saturated rings. The van der Waals surface area contributed by atoms with Gasteiger partial charge in [0.15, 0.2) is 0 Å². The maximum atomic E-state index is 12.7. The number of nitrogens with one attached hydrogen (secondary N) is 1. The van der Waals surface area contributed by atoms with Gasteiger partial charge < -0.3 is 14.8 Å². The van der Waals surface area contributed by atoms with Gasteiger partial charge in [-0.15, -0.1) is 0 Å². The molecule has 2 aromatic rings. The Morgan fingerprint density at radius 1 is 1.14 bits per heavy atom. The number of nitrogens with zero attached hydrogens (tertiary/aromatic N) is 3. The van der Waals surface area contributed by atoms with Crippen molar-refractivity contribution < 1.29 is 4.79 Å². The normalized spacial score (nSPS) is 16.0. The molecule has 1 aromatic heterocycles. The molecule has 1 aliphatic rings. The number of hydrogen-bond donors (Lipinski definition) is 1. The van der Waals surface area contributed by atoms with E-state index < -0.39 is 0 Å². The van der Waals surface area contributed by atoms with Crippen LogP contribution in [0.2, 0.25) is 0 Å². The Morgan fingerprint density at radius 3 is 2.50 bits per heavy atom. The topological polar surface area (TPSA) is 61.3 Å². The van der Waals surface area contributed by atoms with E-state index in [9.17, 15) is 9.59 Å². The highest BCUT2D eigenvalue weighted by atomic mass is 16.2. The van der Waals surface area contributed by atoms with Crippen molar-refractivity contribution in [3.8, 4) is 0 Å². The molecule has 0 bridgehead atoms. The molecule has 0 spiro atoms. The first-order valence-electron chi connectivity index (χ1n) is 7.45. The molecule has 1 saturated heterocycles. The second-order valence-electron chi connectivity index (χ2n) is 5.65. The second kappa shape index (κ2) is 6.19. The third kappa shape index (κ3) is 2.96. The predicted molar refractivity (Wildman–Crippen MR) is 84.0 cm³/mol. The van der Waals surface area contributed by atoms with Crippen molar-refractivity contribution in [2.24, 2.45) is 0 Å². The summed E-state index contributed by atoms with van der Waals surface area (Å²) < 4.78 is 1.51. The summed E-state index contributed by atoms with van der Waals surface area (Å²) in [6, 6.07) is 9.68. The Hall–Kier alpha value is -2.34. The lowest BCUT2D eigenvalue weighted by Gasteiger charge is -2.32. The summed E-state index contributed by atoms with van der Waals surface area (Å²) in [5.74, 6) is -0.0811. The van der Waals surface area contributed by atoms with Crippen molar-refractivity contribution in [1.82, 2.24) is 19.4 Å². The average Bonchev–Trinajstić information content (AvgIpc) is 2.89. The number of rotatable bonds is 3. The standard InChI is InChI=1S/C16H20N4O2/c1-18-7-9-19(10-8-18)15(21)14-11-17-16(22)20(14)12-13-5-3-2-4-6-13/h2-6,11H,7-10,12H2,1H3,(H,17,22). The van der Waals surface area contributed by atoms with Gasteiger partial charge in [0.2, 0.25) is 0 Å². The van der Waals surface area contributed by atoms with E-state index >= 15 is 0 Å². The van der Waals surface area contributed by atoms with Crippen LogP contribution in [-0.4, -0.2) is 58.5 Å². The SMILES string of the molecule is CN1CCN(C(=O)c2c[nH]c(=O)n2Cc2ccccc2)CC1. The van der Waals surface area contributed by atoms with Gasteiger partial charge in [-0.25, -0.2) is 4.79 Å². The molecule has 3 rings (SSSR count). The van der Waals surface area contributed by atoms with Crippen LogP contribution in [0.3, 0.4) is 0 Å². The number of aromatic amines is 1. The maximum Gasteiger partial charge on any atom is 0.326 e. The van der Waals surface area contributed by atoms with Gasteiger partial charge in [0, 0.05) is 32.4 Å². The molecule has 0 saturated carbocycles. The first kappa shape index (κ1) is 14.6. The van der Waals surface area contributed by atoms with Crippen molar-refractivity contribution in [3.63, 3.8) is 0 Å². The monoisotopic (exact) mass is 300 g/mol. The number of carbonyl (C=O) groups excluding carboxylic acids is 1. The lowest BCUT2D eigenvalue weighted by molar-refractivity contribution is 0.0653. The van der Waals surface area contributed by atoms with Crippen molar-refractivity contribution >= 4 is 5.91 Å². The summed E-state index contributed by atoms with van der Waals surface area (Å²) in [7, 11) is 2.05. The zero-order valence-electron chi connectivity index (χ0n) is 12.7. The van der Waals surface area contributed by atoms with E-state index in [1.807, 2.05) is 42.3 Å². The molecule has 2 heterocycles. The summed E-state index contributed by atoms with van der Waals surface area (Å²) in [5, 5.41) is 0. The number of benzene rings is 1. The Kier molecular flexibility index (Phi) is 4.11. The summed E-state index contributed by atoms with van der Waals surface area (Å²) in [5.41, 5.74) is 1.18. The van der Waals surface area contributed by atoms with Crippen LogP contribution >= 0.6 is 0 Å². The van der Waals surface area contributed by atoms with E-state index in [0.29, 0.717) is 25.3 Å². The Morgan fingerprint density at radius 2 is 1.82 bits per heavy atom. The Bertz CT molecular complexity index is 696. The fourth-order valence-electron chi connectivity index (χ4n) is 2.67. The lowest BCUT2D eigenvalue weighted by atomic mass is 10.2. The Balaban J connectivity index is 1.82. The van der Waals surface area contributed by atoms with Crippen LogP contribution < -0.4 is 5.69 Å². The molecule has 0 unspecified atom stereocenters. The lowest BCUT2D eigenvalue weighted by Crippen LogP contribution is -2.47. The van der Waals surface area contributed by atoms with Crippen LogP contribution in [0.15, 0.2) is 41.3 Å². The number of imidazole rings is 1. The van der Waals surface area contributed by atoms with Crippen LogP contribution in [0.1, 0.15) is 16.1 Å². The predicted octanol–water partition coefficient (Wildman–Crippen LogP) is 0.612. The van der Waals surface area contributed by atoms with Crippen LogP contribution in [0.25, 0.3) is 0 Å². The summed E-state index contributed by atoms with van der Waals surface area (Å²) in [4.78, 5) is 31.3. The number of likely N-dealkylation sites (N-methyl/N-ethyl adjacent to an activating group) is 1. The van der Waals surface area contributed by atoms with Crippen LogP contribution in [0.5, 0.6) is 0 Å². The molecule has 0 aliphatic carbocycles. The third-order valence-corrected chi connectivity index (χ3v) is 4.06. The van der Waals surface area contributed by atoms with Crippen LogP contribution in [0.4, 0.5) is 0 Å². The minimum atomic E-state index is -0.249. The molecule has 116 valence electrons. The smallest absolute Gasteiger partial charge is 0.326 e. The summed E-state index contributed by atoms with van der Waals surface area (Å²) in [6.45, 7) is 3.51.